The summed E-state index contributed by atoms with van der Waals surface area (Å²) in [5.74, 6) is 0.412. The zero-order valence-electron chi connectivity index (χ0n) is 9.95. The van der Waals surface area contributed by atoms with Crippen molar-refractivity contribution in [2.24, 2.45) is 0 Å². The van der Waals surface area contributed by atoms with Crippen LogP contribution >= 0.6 is 11.6 Å². The lowest BCUT2D eigenvalue weighted by atomic mass is 10.1. The van der Waals surface area contributed by atoms with E-state index in [1.807, 2.05) is 6.92 Å². The maximum atomic E-state index is 12.9. The number of anilines is 1. The van der Waals surface area contributed by atoms with Crippen LogP contribution in [-0.2, 0) is 6.42 Å². The van der Waals surface area contributed by atoms with E-state index in [1.165, 1.54) is 18.5 Å². The molecule has 2 rings (SSSR count). The maximum Gasteiger partial charge on any atom is 0.148 e. The van der Waals surface area contributed by atoms with Gasteiger partial charge in [0.15, 0.2) is 0 Å². The van der Waals surface area contributed by atoms with Gasteiger partial charge >= 0.3 is 0 Å². The molecule has 3 nitrogen and oxygen atoms in total. The summed E-state index contributed by atoms with van der Waals surface area (Å²) in [7, 11) is 0. The van der Waals surface area contributed by atoms with Gasteiger partial charge in [0, 0.05) is 6.54 Å². The third-order valence-corrected chi connectivity index (χ3v) is 2.94. The van der Waals surface area contributed by atoms with E-state index in [0.29, 0.717) is 17.4 Å². The number of aryl methyl sites for hydroxylation is 1. The van der Waals surface area contributed by atoms with Crippen molar-refractivity contribution >= 4 is 17.4 Å². The van der Waals surface area contributed by atoms with Crippen LogP contribution in [0.3, 0.4) is 0 Å². The van der Waals surface area contributed by atoms with Crippen LogP contribution in [0.1, 0.15) is 11.1 Å². The largest absolute Gasteiger partial charge is 0.368 e. The fourth-order valence-corrected chi connectivity index (χ4v) is 1.87. The van der Waals surface area contributed by atoms with Crippen LogP contribution in [0, 0.1) is 12.7 Å². The van der Waals surface area contributed by atoms with Gasteiger partial charge in [-0.25, -0.2) is 14.4 Å². The van der Waals surface area contributed by atoms with Crippen molar-refractivity contribution in [2.75, 3.05) is 11.9 Å². The molecule has 94 valence electrons. The van der Waals surface area contributed by atoms with Crippen molar-refractivity contribution in [3.63, 3.8) is 0 Å². The molecule has 0 fully saturated rings. The molecule has 0 saturated carbocycles. The van der Waals surface area contributed by atoms with Gasteiger partial charge < -0.3 is 5.32 Å². The van der Waals surface area contributed by atoms with E-state index in [2.05, 4.69) is 15.3 Å². The number of rotatable bonds is 4. The fourth-order valence-electron chi connectivity index (χ4n) is 1.70. The summed E-state index contributed by atoms with van der Waals surface area (Å²) in [5, 5.41) is 3.62. The first-order valence-electron chi connectivity index (χ1n) is 5.61. The number of benzene rings is 1. The monoisotopic (exact) mass is 265 g/mol. The second-order valence-electron chi connectivity index (χ2n) is 3.97. The highest BCUT2D eigenvalue weighted by atomic mass is 35.5. The van der Waals surface area contributed by atoms with Gasteiger partial charge in [0.2, 0.25) is 0 Å². The maximum absolute atomic E-state index is 12.9. The van der Waals surface area contributed by atoms with Crippen molar-refractivity contribution in [2.45, 2.75) is 13.3 Å². The third-order valence-electron chi connectivity index (χ3n) is 2.66. The molecule has 0 radical (unpaired) electrons. The molecule has 1 aromatic carbocycles. The average Bonchev–Trinajstić information content (AvgIpc) is 2.34. The summed E-state index contributed by atoms with van der Waals surface area (Å²) >= 11 is 5.92. The molecular weight excluding hydrogens is 253 g/mol. The van der Waals surface area contributed by atoms with Crippen molar-refractivity contribution in [3.8, 4) is 0 Å². The van der Waals surface area contributed by atoms with Crippen LogP contribution in [0.25, 0.3) is 0 Å². The van der Waals surface area contributed by atoms with Crippen molar-refractivity contribution in [1.82, 2.24) is 9.97 Å². The number of halogens is 2. The van der Waals surface area contributed by atoms with E-state index in [4.69, 9.17) is 11.6 Å². The van der Waals surface area contributed by atoms with E-state index in [-0.39, 0.29) is 5.82 Å². The number of hydrogen-bond acceptors (Lipinski definition) is 3. The molecule has 0 aliphatic heterocycles. The van der Waals surface area contributed by atoms with E-state index < -0.39 is 0 Å². The Morgan fingerprint density at radius 3 is 2.94 bits per heavy atom. The molecule has 1 heterocycles. The van der Waals surface area contributed by atoms with Gasteiger partial charge in [-0.2, -0.15) is 0 Å². The Morgan fingerprint density at radius 1 is 1.39 bits per heavy atom. The first-order valence-corrected chi connectivity index (χ1v) is 5.99. The zero-order valence-corrected chi connectivity index (χ0v) is 10.7. The minimum absolute atomic E-state index is 0.206. The molecule has 5 heteroatoms. The number of nitrogens with zero attached hydrogens (tertiary/aromatic N) is 2. The SMILES string of the molecule is Cc1cc(F)ccc1CCNc1ncncc1Cl. The second-order valence-corrected chi connectivity index (χ2v) is 4.37. The van der Waals surface area contributed by atoms with E-state index in [9.17, 15) is 4.39 Å². The van der Waals surface area contributed by atoms with Gasteiger partial charge in [-0.15, -0.1) is 0 Å². The lowest BCUT2D eigenvalue weighted by Crippen LogP contribution is -2.07. The van der Waals surface area contributed by atoms with Gasteiger partial charge in [-0.1, -0.05) is 17.7 Å². The molecule has 0 unspecified atom stereocenters. The number of aromatic nitrogens is 2. The van der Waals surface area contributed by atoms with Crippen molar-refractivity contribution in [3.05, 3.63) is 52.7 Å². The Hall–Kier alpha value is -1.68. The molecule has 0 aliphatic rings. The number of hydrogen-bond donors (Lipinski definition) is 1. The Kier molecular flexibility index (Phi) is 4.10. The highest BCUT2D eigenvalue weighted by Crippen LogP contribution is 2.16. The molecule has 0 bridgehead atoms. The average molecular weight is 266 g/mol. The van der Waals surface area contributed by atoms with Crippen LogP contribution in [-0.4, -0.2) is 16.5 Å². The van der Waals surface area contributed by atoms with Gasteiger partial charge in [-0.3, -0.25) is 0 Å². The lowest BCUT2D eigenvalue weighted by molar-refractivity contribution is 0.625. The molecule has 2 aromatic rings. The minimum Gasteiger partial charge on any atom is -0.368 e. The summed E-state index contributed by atoms with van der Waals surface area (Å²) in [4.78, 5) is 7.84. The van der Waals surface area contributed by atoms with E-state index in [1.54, 1.807) is 12.3 Å². The zero-order chi connectivity index (χ0) is 13.0. The van der Waals surface area contributed by atoms with Crippen LogP contribution in [0.2, 0.25) is 5.02 Å². The van der Waals surface area contributed by atoms with Crippen LogP contribution < -0.4 is 5.32 Å². The van der Waals surface area contributed by atoms with Crippen molar-refractivity contribution < 1.29 is 4.39 Å². The predicted octanol–water partition coefficient (Wildman–Crippen LogP) is 3.23. The molecule has 0 spiro atoms. The molecular formula is C13H13ClFN3. The second kappa shape index (κ2) is 5.78. The molecule has 1 N–H and O–H groups in total. The van der Waals surface area contributed by atoms with Gasteiger partial charge in [-0.05, 0) is 36.6 Å². The summed E-state index contributed by atoms with van der Waals surface area (Å²) in [5.41, 5.74) is 2.06. The normalized spacial score (nSPS) is 10.4. The van der Waals surface area contributed by atoms with Crippen molar-refractivity contribution in [1.29, 1.82) is 0 Å². The number of nitrogens with one attached hydrogen (secondary N) is 1. The molecule has 1 aromatic heterocycles. The van der Waals surface area contributed by atoms with Gasteiger partial charge in [0.1, 0.15) is 23.0 Å². The molecule has 0 aliphatic carbocycles. The van der Waals surface area contributed by atoms with Crippen LogP contribution in [0.4, 0.5) is 10.2 Å². The van der Waals surface area contributed by atoms with E-state index >= 15 is 0 Å². The summed E-state index contributed by atoms with van der Waals surface area (Å²) in [6.07, 6.45) is 3.77. The topological polar surface area (TPSA) is 37.8 Å². The van der Waals surface area contributed by atoms with Crippen LogP contribution in [0.15, 0.2) is 30.7 Å². The fraction of sp³-hybridized carbons (Fsp3) is 0.231. The lowest BCUT2D eigenvalue weighted by Gasteiger charge is -2.08. The summed E-state index contributed by atoms with van der Waals surface area (Å²) in [6.45, 7) is 2.58. The summed E-state index contributed by atoms with van der Waals surface area (Å²) < 4.78 is 12.9. The summed E-state index contributed by atoms with van der Waals surface area (Å²) in [6, 6.07) is 4.81. The Bertz CT molecular complexity index is 546. The quantitative estimate of drug-likeness (QED) is 0.922. The molecule has 0 saturated heterocycles. The highest BCUT2D eigenvalue weighted by Gasteiger charge is 2.02. The first-order chi connectivity index (χ1) is 8.66. The molecule has 18 heavy (non-hydrogen) atoms. The molecule has 0 atom stereocenters. The van der Waals surface area contributed by atoms with Crippen LogP contribution in [0.5, 0.6) is 0 Å². The highest BCUT2D eigenvalue weighted by molar-refractivity contribution is 6.32. The minimum atomic E-state index is -0.206. The first kappa shape index (κ1) is 12.8. The smallest absolute Gasteiger partial charge is 0.148 e. The Balaban J connectivity index is 1.95. The molecule has 0 amide bonds. The Labute approximate surface area is 110 Å². The van der Waals surface area contributed by atoms with E-state index in [0.717, 1.165) is 17.5 Å². The van der Waals surface area contributed by atoms with Gasteiger partial charge in [0.05, 0.1) is 6.20 Å². The third kappa shape index (κ3) is 3.17. The Morgan fingerprint density at radius 2 is 2.22 bits per heavy atom. The van der Waals surface area contributed by atoms with Gasteiger partial charge in [0.25, 0.3) is 0 Å². The standard InChI is InChI=1S/C13H13ClFN3/c1-9-6-11(15)3-2-10(9)4-5-17-13-12(14)7-16-8-18-13/h2-3,6-8H,4-5H2,1H3,(H,16,17,18). The predicted molar refractivity (Wildman–Crippen MR) is 70.4 cm³/mol.